The first kappa shape index (κ1) is 21.6. The summed E-state index contributed by atoms with van der Waals surface area (Å²) in [4.78, 5) is 4.27. The lowest BCUT2D eigenvalue weighted by molar-refractivity contribution is 0.0941. The van der Waals surface area contributed by atoms with Crippen molar-refractivity contribution >= 4 is 16.7 Å². The number of nitrogens with two attached hydrogens (primary N) is 1. The standard InChI is InChI=1S/C25H35N5O/c1-16(2)30-21-9-19(18-7-8-23(26)27-13-18)10-22(20(21)14-28-30)31-15-17-11-24(3,4)29-25(5,6)12-17/h7-10,13-14,16-17,29H,11-12,15H2,1-6H3,(H2,26,27). The fraction of sp³-hybridized carbons (Fsp3) is 0.520. The summed E-state index contributed by atoms with van der Waals surface area (Å²) in [6, 6.07) is 8.37. The summed E-state index contributed by atoms with van der Waals surface area (Å²) in [5, 5.41) is 9.44. The van der Waals surface area contributed by atoms with Gasteiger partial charge in [0.25, 0.3) is 0 Å². The van der Waals surface area contributed by atoms with Crippen LogP contribution < -0.4 is 15.8 Å². The Morgan fingerprint density at radius 3 is 2.42 bits per heavy atom. The molecule has 0 radical (unpaired) electrons. The first-order chi connectivity index (χ1) is 14.5. The van der Waals surface area contributed by atoms with Crippen LogP contribution in [0.4, 0.5) is 5.82 Å². The van der Waals surface area contributed by atoms with Gasteiger partial charge in [0.15, 0.2) is 0 Å². The highest BCUT2D eigenvalue weighted by Crippen LogP contribution is 2.36. The van der Waals surface area contributed by atoms with Crippen LogP contribution in [0.3, 0.4) is 0 Å². The van der Waals surface area contributed by atoms with E-state index in [0.717, 1.165) is 40.6 Å². The van der Waals surface area contributed by atoms with Gasteiger partial charge < -0.3 is 15.8 Å². The molecule has 1 aliphatic rings. The third-order valence-electron chi connectivity index (χ3n) is 6.04. The molecule has 0 atom stereocenters. The Labute approximate surface area is 185 Å². The second kappa shape index (κ2) is 7.83. The average molecular weight is 422 g/mol. The van der Waals surface area contributed by atoms with Crippen LogP contribution in [0.2, 0.25) is 0 Å². The third kappa shape index (κ3) is 4.69. The third-order valence-corrected chi connectivity index (χ3v) is 6.04. The molecule has 31 heavy (non-hydrogen) atoms. The van der Waals surface area contributed by atoms with E-state index in [1.54, 1.807) is 0 Å². The molecule has 0 aliphatic carbocycles. The van der Waals surface area contributed by atoms with E-state index in [4.69, 9.17) is 10.5 Å². The average Bonchev–Trinajstić information content (AvgIpc) is 3.08. The summed E-state index contributed by atoms with van der Waals surface area (Å²) in [6.45, 7) is 14.1. The van der Waals surface area contributed by atoms with Crippen molar-refractivity contribution in [1.29, 1.82) is 0 Å². The highest BCUT2D eigenvalue weighted by molar-refractivity contribution is 5.90. The molecule has 0 amide bonds. The van der Waals surface area contributed by atoms with Crippen molar-refractivity contribution in [3.05, 3.63) is 36.7 Å². The van der Waals surface area contributed by atoms with Gasteiger partial charge in [-0.1, -0.05) is 0 Å². The van der Waals surface area contributed by atoms with Gasteiger partial charge >= 0.3 is 0 Å². The summed E-state index contributed by atoms with van der Waals surface area (Å²) in [5.74, 6) is 1.89. The van der Waals surface area contributed by atoms with Gasteiger partial charge in [-0.15, -0.1) is 0 Å². The number of rotatable bonds is 5. The summed E-state index contributed by atoms with van der Waals surface area (Å²) in [7, 11) is 0. The normalized spacial score (nSPS) is 18.5. The van der Waals surface area contributed by atoms with Gasteiger partial charge in [-0.3, -0.25) is 4.68 Å². The van der Waals surface area contributed by atoms with E-state index in [1.165, 1.54) is 0 Å². The monoisotopic (exact) mass is 421 g/mol. The van der Waals surface area contributed by atoms with Crippen molar-refractivity contribution in [2.75, 3.05) is 12.3 Å². The minimum Gasteiger partial charge on any atom is -0.493 e. The molecule has 4 rings (SSSR count). The van der Waals surface area contributed by atoms with E-state index in [1.807, 2.05) is 29.2 Å². The molecule has 0 unspecified atom stereocenters. The van der Waals surface area contributed by atoms with Gasteiger partial charge in [-0.25, -0.2) is 4.98 Å². The van der Waals surface area contributed by atoms with Crippen molar-refractivity contribution in [2.45, 2.75) is 71.5 Å². The van der Waals surface area contributed by atoms with Gasteiger partial charge in [0.2, 0.25) is 0 Å². The maximum atomic E-state index is 6.50. The zero-order valence-electron chi connectivity index (χ0n) is 19.6. The van der Waals surface area contributed by atoms with E-state index in [9.17, 15) is 0 Å². The molecular weight excluding hydrogens is 386 g/mol. The second-order valence-corrected chi connectivity index (χ2v) is 10.5. The van der Waals surface area contributed by atoms with Crippen LogP contribution in [0.1, 0.15) is 60.4 Å². The van der Waals surface area contributed by atoms with Gasteiger partial charge in [-0.2, -0.15) is 5.10 Å². The fourth-order valence-electron chi connectivity index (χ4n) is 5.25. The number of hydrogen-bond donors (Lipinski definition) is 2. The number of piperidine rings is 1. The number of nitrogens with zero attached hydrogens (tertiary/aromatic N) is 3. The van der Waals surface area contributed by atoms with Crippen molar-refractivity contribution in [3.63, 3.8) is 0 Å². The Morgan fingerprint density at radius 2 is 1.81 bits per heavy atom. The lowest BCUT2D eigenvalue weighted by Gasteiger charge is -2.46. The Balaban J connectivity index is 1.68. The second-order valence-electron chi connectivity index (χ2n) is 10.5. The topological polar surface area (TPSA) is 78.0 Å². The number of ether oxygens (including phenoxy) is 1. The fourth-order valence-corrected chi connectivity index (χ4v) is 5.25. The smallest absolute Gasteiger partial charge is 0.130 e. The predicted octanol–water partition coefficient (Wildman–Crippen LogP) is 5.20. The van der Waals surface area contributed by atoms with E-state index < -0.39 is 0 Å². The first-order valence-electron chi connectivity index (χ1n) is 11.2. The Morgan fingerprint density at radius 1 is 1.10 bits per heavy atom. The number of pyridine rings is 1. The Hall–Kier alpha value is -2.60. The largest absolute Gasteiger partial charge is 0.493 e. The summed E-state index contributed by atoms with van der Waals surface area (Å²) in [5.41, 5.74) is 9.14. The summed E-state index contributed by atoms with van der Waals surface area (Å²) >= 11 is 0. The predicted molar refractivity (Wildman–Crippen MR) is 127 cm³/mol. The van der Waals surface area contributed by atoms with E-state index in [0.29, 0.717) is 18.3 Å². The van der Waals surface area contributed by atoms with Gasteiger partial charge in [-0.05, 0) is 90.1 Å². The number of anilines is 1. The van der Waals surface area contributed by atoms with Gasteiger partial charge in [0.05, 0.1) is 23.7 Å². The lowest BCUT2D eigenvalue weighted by Crippen LogP contribution is -2.58. The molecule has 2 aromatic heterocycles. The van der Waals surface area contributed by atoms with E-state index >= 15 is 0 Å². The molecule has 0 saturated carbocycles. The molecule has 1 aliphatic heterocycles. The summed E-state index contributed by atoms with van der Waals surface area (Å²) in [6.07, 6.45) is 5.92. The van der Waals surface area contributed by atoms with Crippen LogP contribution in [0.5, 0.6) is 5.75 Å². The molecule has 6 nitrogen and oxygen atoms in total. The number of fused-ring (bicyclic) bond motifs is 1. The molecule has 1 saturated heterocycles. The molecule has 3 aromatic rings. The number of benzene rings is 1. The van der Waals surface area contributed by atoms with Crippen LogP contribution in [-0.4, -0.2) is 32.4 Å². The quantitative estimate of drug-likeness (QED) is 0.592. The SMILES string of the molecule is CC(C)n1ncc2c(OCC3CC(C)(C)NC(C)(C)C3)cc(-c3ccc(N)nc3)cc21. The van der Waals surface area contributed by atoms with Crippen LogP contribution in [0.15, 0.2) is 36.7 Å². The molecule has 3 N–H and O–H groups in total. The van der Waals surface area contributed by atoms with Crippen molar-refractivity contribution in [3.8, 4) is 16.9 Å². The number of nitrogens with one attached hydrogen (secondary N) is 1. The minimum absolute atomic E-state index is 0.102. The first-order valence-corrected chi connectivity index (χ1v) is 11.2. The highest BCUT2D eigenvalue weighted by atomic mass is 16.5. The van der Waals surface area contributed by atoms with Crippen LogP contribution in [0, 0.1) is 5.92 Å². The van der Waals surface area contributed by atoms with Crippen LogP contribution in [-0.2, 0) is 0 Å². The number of aromatic nitrogens is 3. The van der Waals surface area contributed by atoms with Gasteiger partial charge in [0.1, 0.15) is 11.6 Å². The highest BCUT2D eigenvalue weighted by Gasteiger charge is 2.37. The molecule has 1 aromatic carbocycles. The molecular formula is C25H35N5O. The molecule has 0 bridgehead atoms. The molecule has 3 heterocycles. The van der Waals surface area contributed by atoms with Crippen molar-refractivity contribution < 1.29 is 4.74 Å². The molecule has 6 heteroatoms. The van der Waals surface area contributed by atoms with Crippen LogP contribution >= 0.6 is 0 Å². The van der Waals surface area contributed by atoms with Crippen molar-refractivity contribution in [2.24, 2.45) is 5.92 Å². The molecule has 1 fully saturated rings. The number of nitrogen functional groups attached to an aromatic ring is 1. The van der Waals surface area contributed by atoms with Gasteiger partial charge in [0, 0.05) is 28.9 Å². The Bertz CT molecular complexity index is 1050. The van der Waals surface area contributed by atoms with Crippen molar-refractivity contribution in [1.82, 2.24) is 20.1 Å². The molecule has 0 spiro atoms. The van der Waals surface area contributed by atoms with Crippen LogP contribution in [0.25, 0.3) is 22.0 Å². The summed E-state index contributed by atoms with van der Waals surface area (Å²) < 4.78 is 8.55. The minimum atomic E-state index is 0.102. The maximum Gasteiger partial charge on any atom is 0.130 e. The lowest BCUT2D eigenvalue weighted by atomic mass is 9.76. The van der Waals surface area contributed by atoms with E-state index in [2.05, 4.69) is 69.1 Å². The maximum absolute atomic E-state index is 6.50. The van der Waals surface area contributed by atoms with E-state index in [-0.39, 0.29) is 17.1 Å². The number of hydrogen-bond acceptors (Lipinski definition) is 5. The zero-order chi connectivity index (χ0) is 22.4. The Kier molecular flexibility index (Phi) is 5.46. The molecule has 166 valence electrons. The zero-order valence-corrected chi connectivity index (χ0v) is 19.6.